The molecule has 1 aromatic heterocycles. The van der Waals surface area contributed by atoms with Gasteiger partial charge in [-0.3, -0.25) is 4.79 Å². The molecule has 2 fully saturated rings. The fourth-order valence-corrected chi connectivity index (χ4v) is 6.89. The highest BCUT2D eigenvalue weighted by Gasteiger charge is 2.35. The van der Waals surface area contributed by atoms with Gasteiger partial charge in [-0.1, -0.05) is 18.5 Å². The van der Waals surface area contributed by atoms with Gasteiger partial charge in [0.05, 0.1) is 4.34 Å². The smallest absolute Gasteiger partial charge is 0.252 e. The van der Waals surface area contributed by atoms with Crippen LogP contribution < -0.4 is 0 Å². The molecule has 2 aliphatic rings. The third-order valence-electron chi connectivity index (χ3n) is 5.41. The highest BCUT2D eigenvalue weighted by Crippen LogP contribution is 2.33. The second-order valence-corrected chi connectivity index (χ2v) is 10.9. The molecule has 0 bridgehead atoms. The quantitative estimate of drug-likeness (QED) is 0.772. The largest absolute Gasteiger partial charge is 0.342 e. The van der Waals surface area contributed by atoms with Crippen molar-refractivity contribution in [2.45, 2.75) is 43.2 Å². The van der Waals surface area contributed by atoms with Gasteiger partial charge in [-0.25, -0.2) is 8.42 Å². The van der Waals surface area contributed by atoms with E-state index in [1.807, 2.05) is 11.8 Å². The SMILES string of the molecule is C[C@H](C(=O)N1CCCCC1)C1CCN(S(=O)(=O)c2ccc(Cl)s2)CC1. The van der Waals surface area contributed by atoms with E-state index in [1.165, 1.54) is 10.7 Å². The Balaban J connectivity index is 1.58. The lowest BCUT2D eigenvalue weighted by Crippen LogP contribution is -2.44. The maximum atomic E-state index is 12.7. The summed E-state index contributed by atoms with van der Waals surface area (Å²) in [6.07, 6.45) is 4.87. The van der Waals surface area contributed by atoms with Crippen LogP contribution >= 0.6 is 22.9 Å². The van der Waals surface area contributed by atoms with Gasteiger partial charge in [0.25, 0.3) is 10.0 Å². The van der Waals surface area contributed by atoms with Gasteiger partial charge in [0, 0.05) is 32.1 Å². The van der Waals surface area contributed by atoms with Crippen molar-refractivity contribution in [2.75, 3.05) is 26.2 Å². The van der Waals surface area contributed by atoms with E-state index in [0.717, 1.165) is 50.1 Å². The predicted octanol–water partition coefficient (Wildman–Crippen LogP) is 3.45. The minimum absolute atomic E-state index is 0.0286. The molecule has 0 radical (unpaired) electrons. The normalized spacial score (nSPS) is 22.1. The van der Waals surface area contributed by atoms with Gasteiger partial charge in [-0.2, -0.15) is 4.31 Å². The molecule has 1 aromatic rings. The molecule has 0 aliphatic carbocycles. The summed E-state index contributed by atoms with van der Waals surface area (Å²) >= 11 is 6.97. The number of halogens is 1. The average molecular weight is 405 g/mol. The van der Waals surface area contributed by atoms with Gasteiger partial charge in [0.2, 0.25) is 5.91 Å². The first-order valence-electron chi connectivity index (χ1n) is 8.94. The summed E-state index contributed by atoms with van der Waals surface area (Å²) in [5.41, 5.74) is 0. The number of sulfonamides is 1. The first-order valence-corrected chi connectivity index (χ1v) is 11.6. The fourth-order valence-electron chi connectivity index (χ4n) is 3.78. The average Bonchev–Trinajstić information content (AvgIpc) is 3.08. The Morgan fingerprint density at radius 1 is 1.16 bits per heavy atom. The molecule has 3 rings (SSSR count). The summed E-state index contributed by atoms with van der Waals surface area (Å²) in [4.78, 5) is 14.7. The van der Waals surface area contributed by atoms with E-state index < -0.39 is 10.0 Å². The van der Waals surface area contributed by atoms with Crippen LogP contribution in [0.15, 0.2) is 16.3 Å². The Bertz CT molecular complexity index is 705. The van der Waals surface area contributed by atoms with Crippen molar-refractivity contribution in [3.63, 3.8) is 0 Å². The number of piperidine rings is 2. The number of amides is 1. The molecular formula is C17H25ClN2O3S2. The lowest BCUT2D eigenvalue weighted by Gasteiger charge is -2.36. The first-order chi connectivity index (χ1) is 11.9. The van der Waals surface area contributed by atoms with Gasteiger partial charge in [-0.15, -0.1) is 11.3 Å². The van der Waals surface area contributed by atoms with Crippen LogP contribution in [0.4, 0.5) is 0 Å². The molecule has 0 saturated carbocycles. The lowest BCUT2D eigenvalue weighted by molar-refractivity contribution is -0.138. The van der Waals surface area contributed by atoms with E-state index in [1.54, 1.807) is 12.1 Å². The van der Waals surface area contributed by atoms with E-state index in [2.05, 4.69) is 0 Å². The number of nitrogens with zero attached hydrogens (tertiary/aromatic N) is 2. The molecule has 1 atom stereocenters. The Kier molecular flexibility index (Phi) is 6.08. The monoisotopic (exact) mass is 404 g/mol. The van der Waals surface area contributed by atoms with Crippen molar-refractivity contribution in [1.29, 1.82) is 0 Å². The molecule has 3 heterocycles. The summed E-state index contributed by atoms with van der Waals surface area (Å²) in [5.74, 6) is 0.470. The van der Waals surface area contributed by atoms with Crippen molar-refractivity contribution in [1.82, 2.24) is 9.21 Å². The lowest BCUT2D eigenvalue weighted by atomic mass is 9.85. The maximum absolute atomic E-state index is 12.7. The number of carbonyl (C=O) groups excluding carboxylic acids is 1. The number of hydrogen-bond acceptors (Lipinski definition) is 4. The fraction of sp³-hybridized carbons (Fsp3) is 0.706. The minimum Gasteiger partial charge on any atom is -0.342 e. The van der Waals surface area contributed by atoms with Gasteiger partial charge in [-0.05, 0) is 50.2 Å². The molecule has 25 heavy (non-hydrogen) atoms. The second kappa shape index (κ2) is 7.94. The molecule has 1 amide bonds. The van der Waals surface area contributed by atoms with Gasteiger partial charge in [0.1, 0.15) is 4.21 Å². The standard InChI is InChI=1S/C17H25ClN2O3S2/c1-13(17(21)19-9-3-2-4-10-19)14-7-11-20(12-8-14)25(22,23)16-6-5-15(18)24-16/h5-6,13-14H,2-4,7-12H2,1H3/t13-/m0/s1. The zero-order valence-electron chi connectivity index (χ0n) is 14.5. The van der Waals surface area contributed by atoms with E-state index in [9.17, 15) is 13.2 Å². The highest BCUT2D eigenvalue weighted by molar-refractivity contribution is 7.91. The van der Waals surface area contributed by atoms with Crippen LogP contribution in [-0.4, -0.2) is 49.7 Å². The van der Waals surface area contributed by atoms with E-state index in [0.29, 0.717) is 21.6 Å². The molecule has 0 aromatic carbocycles. The van der Waals surface area contributed by atoms with Gasteiger partial charge in [0.15, 0.2) is 0 Å². The van der Waals surface area contributed by atoms with Crippen LogP contribution in [0.3, 0.4) is 0 Å². The predicted molar refractivity (Wildman–Crippen MR) is 100 cm³/mol. The number of likely N-dealkylation sites (tertiary alicyclic amines) is 1. The molecule has 0 N–H and O–H groups in total. The third kappa shape index (κ3) is 4.21. The van der Waals surface area contributed by atoms with Gasteiger partial charge < -0.3 is 4.90 Å². The van der Waals surface area contributed by atoms with Gasteiger partial charge >= 0.3 is 0 Å². The summed E-state index contributed by atoms with van der Waals surface area (Å²) in [6, 6.07) is 3.18. The second-order valence-electron chi connectivity index (χ2n) is 6.97. The van der Waals surface area contributed by atoms with Crippen LogP contribution in [0.2, 0.25) is 4.34 Å². The zero-order chi connectivity index (χ0) is 18.0. The maximum Gasteiger partial charge on any atom is 0.252 e. The highest BCUT2D eigenvalue weighted by atomic mass is 35.5. The molecule has 2 aliphatic heterocycles. The van der Waals surface area contributed by atoms with Crippen molar-refractivity contribution in [2.24, 2.45) is 11.8 Å². The Hall–Kier alpha value is -0.630. The van der Waals surface area contributed by atoms with Crippen LogP contribution in [0, 0.1) is 11.8 Å². The molecule has 2 saturated heterocycles. The molecule has 0 spiro atoms. The topological polar surface area (TPSA) is 57.7 Å². The van der Waals surface area contributed by atoms with E-state index >= 15 is 0 Å². The van der Waals surface area contributed by atoms with Crippen LogP contribution in [0.1, 0.15) is 39.0 Å². The first kappa shape index (κ1) is 19.1. The number of carbonyl (C=O) groups is 1. The minimum atomic E-state index is -3.46. The molecule has 0 unspecified atom stereocenters. The molecule has 5 nitrogen and oxygen atoms in total. The van der Waals surface area contributed by atoms with Crippen molar-refractivity contribution >= 4 is 38.9 Å². The van der Waals surface area contributed by atoms with E-state index in [-0.39, 0.29) is 17.7 Å². The Labute approximate surface area is 159 Å². The van der Waals surface area contributed by atoms with Crippen molar-refractivity contribution in [3.05, 3.63) is 16.5 Å². The summed E-state index contributed by atoms with van der Waals surface area (Å²) < 4.78 is 27.6. The molecule has 8 heteroatoms. The van der Waals surface area contributed by atoms with Crippen LogP contribution in [0.25, 0.3) is 0 Å². The number of hydrogen-bond donors (Lipinski definition) is 0. The summed E-state index contributed by atoms with van der Waals surface area (Å²) in [5, 5.41) is 0. The summed E-state index contributed by atoms with van der Waals surface area (Å²) in [7, 11) is -3.46. The molecular weight excluding hydrogens is 380 g/mol. The Morgan fingerprint density at radius 2 is 1.80 bits per heavy atom. The number of rotatable bonds is 4. The molecule has 140 valence electrons. The van der Waals surface area contributed by atoms with Crippen LogP contribution in [-0.2, 0) is 14.8 Å². The number of thiophene rings is 1. The van der Waals surface area contributed by atoms with Crippen molar-refractivity contribution < 1.29 is 13.2 Å². The van der Waals surface area contributed by atoms with Crippen LogP contribution in [0.5, 0.6) is 0 Å². The van der Waals surface area contributed by atoms with E-state index in [4.69, 9.17) is 11.6 Å². The Morgan fingerprint density at radius 3 is 2.36 bits per heavy atom. The third-order valence-corrected chi connectivity index (χ3v) is 9.00. The van der Waals surface area contributed by atoms with Crippen molar-refractivity contribution in [3.8, 4) is 0 Å². The zero-order valence-corrected chi connectivity index (χ0v) is 16.9. The summed E-state index contributed by atoms with van der Waals surface area (Å²) in [6.45, 7) is 4.69.